The van der Waals surface area contributed by atoms with Crippen molar-refractivity contribution in [3.8, 4) is 16.9 Å². The Morgan fingerprint density at radius 3 is 2.57 bits per heavy atom. The smallest absolute Gasteiger partial charge is 0.303 e. The largest absolute Gasteiger partial charge is 0.492 e. The number of benzene rings is 3. The molecule has 2 N–H and O–H groups in total. The molecule has 0 aliphatic carbocycles. The molecule has 194 valence electrons. The highest BCUT2D eigenvalue weighted by Gasteiger charge is 2.19. The molecule has 1 heterocycles. The second-order valence-corrected chi connectivity index (χ2v) is 9.52. The van der Waals surface area contributed by atoms with Gasteiger partial charge < -0.3 is 20.1 Å². The summed E-state index contributed by atoms with van der Waals surface area (Å²) in [5.74, 6) is -0.333. The second-order valence-electron chi connectivity index (χ2n) is 9.52. The number of amides is 1. The summed E-state index contributed by atoms with van der Waals surface area (Å²) in [6, 6.07) is 17.1. The van der Waals surface area contributed by atoms with Crippen LogP contribution in [0.1, 0.15) is 41.5 Å². The van der Waals surface area contributed by atoms with Crippen molar-refractivity contribution in [3.05, 3.63) is 82.7 Å². The molecule has 37 heavy (non-hydrogen) atoms. The summed E-state index contributed by atoms with van der Waals surface area (Å²) in [6.07, 6.45) is 1.64. The molecule has 0 aromatic heterocycles. The molecule has 4 rings (SSSR count). The second kappa shape index (κ2) is 11.9. The van der Waals surface area contributed by atoms with Crippen molar-refractivity contribution in [2.24, 2.45) is 0 Å². The minimum absolute atomic E-state index is 0.0952. The number of carboxylic acid groups (broad SMARTS) is 1. The number of carboxylic acids is 1. The van der Waals surface area contributed by atoms with Crippen LogP contribution >= 0.6 is 0 Å². The maximum Gasteiger partial charge on any atom is 0.303 e. The fourth-order valence-electron chi connectivity index (χ4n) is 4.82. The standard InChI is InChI=1S/C30H33FN2O4/c1-20-15-26(37-14-13-33-12-4-7-28(33)34)16-21(2)30(20)24-6-3-5-22(17-24)19-32-25-10-8-23(27(31)18-25)9-11-29(35)36/h3,5-6,8,10,15-18,32H,4,7,9,11-14,19H2,1-2H3,(H,35,36). The SMILES string of the molecule is Cc1cc(OCCN2CCCC2=O)cc(C)c1-c1cccc(CNc2ccc(CCC(=O)O)c(F)c2)c1. The van der Waals surface area contributed by atoms with E-state index < -0.39 is 11.8 Å². The number of rotatable bonds is 11. The van der Waals surface area contributed by atoms with Gasteiger partial charge in [0.25, 0.3) is 0 Å². The van der Waals surface area contributed by atoms with Gasteiger partial charge in [-0.25, -0.2) is 4.39 Å². The average molecular weight is 505 g/mol. The fraction of sp³-hybridized carbons (Fsp3) is 0.333. The number of nitrogens with one attached hydrogen (secondary N) is 1. The molecule has 0 spiro atoms. The van der Waals surface area contributed by atoms with Crippen molar-refractivity contribution in [1.29, 1.82) is 0 Å². The maximum atomic E-state index is 14.3. The normalized spacial score (nSPS) is 13.2. The number of hydrogen-bond acceptors (Lipinski definition) is 4. The zero-order valence-corrected chi connectivity index (χ0v) is 21.4. The lowest BCUT2D eigenvalue weighted by molar-refractivity contribution is -0.137. The van der Waals surface area contributed by atoms with Crippen LogP contribution in [0.25, 0.3) is 11.1 Å². The predicted octanol–water partition coefficient (Wildman–Crippen LogP) is 5.74. The number of aliphatic carboxylic acids is 1. The molecule has 1 amide bonds. The molecule has 3 aromatic rings. The van der Waals surface area contributed by atoms with Crippen molar-refractivity contribution in [1.82, 2.24) is 4.90 Å². The highest BCUT2D eigenvalue weighted by molar-refractivity contribution is 5.78. The van der Waals surface area contributed by atoms with Gasteiger partial charge in [-0.15, -0.1) is 0 Å². The highest BCUT2D eigenvalue weighted by Crippen LogP contribution is 2.32. The van der Waals surface area contributed by atoms with E-state index in [0.29, 0.717) is 37.4 Å². The number of nitrogens with zero attached hydrogens (tertiary/aromatic N) is 1. The van der Waals surface area contributed by atoms with Crippen LogP contribution in [-0.2, 0) is 22.6 Å². The van der Waals surface area contributed by atoms with Crippen LogP contribution in [0.4, 0.5) is 10.1 Å². The first kappa shape index (κ1) is 26.2. The van der Waals surface area contributed by atoms with Crippen molar-refractivity contribution in [2.45, 2.75) is 46.1 Å². The van der Waals surface area contributed by atoms with Gasteiger partial charge in [0, 0.05) is 31.6 Å². The molecule has 0 saturated carbocycles. The molecular weight excluding hydrogens is 471 g/mol. The molecule has 1 saturated heterocycles. The summed E-state index contributed by atoms with van der Waals surface area (Å²) in [5.41, 5.74) is 6.57. The Kier molecular flexibility index (Phi) is 8.43. The van der Waals surface area contributed by atoms with E-state index in [1.165, 1.54) is 6.07 Å². The number of anilines is 1. The number of halogens is 1. The summed E-state index contributed by atoms with van der Waals surface area (Å²) in [7, 11) is 0. The van der Waals surface area contributed by atoms with Gasteiger partial charge in [-0.05, 0) is 90.4 Å². The lowest BCUT2D eigenvalue weighted by Crippen LogP contribution is -2.29. The molecule has 0 atom stereocenters. The van der Waals surface area contributed by atoms with Crippen molar-refractivity contribution >= 4 is 17.6 Å². The first-order valence-corrected chi connectivity index (χ1v) is 12.7. The van der Waals surface area contributed by atoms with Crippen LogP contribution in [-0.4, -0.2) is 41.6 Å². The van der Waals surface area contributed by atoms with Crippen LogP contribution in [0.2, 0.25) is 0 Å². The topological polar surface area (TPSA) is 78.9 Å². The lowest BCUT2D eigenvalue weighted by Gasteiger charge is -2.18. The van der Waals surface area contributed by atoms with Crippen LogP contribution < -0.4 is 10.1 Å². The van der Waals surface area contributed by atoms with Gasteiger partial charge in [-0.2, -0.15) is 0 Å². The highest BCUT2D eigenvalue weighted by atomic mass is 19.1. The van der Waals surface area contributed by atoms with E-state index in [-0.39, 0.29) is 18.7 Å². The number of likely N-dealkylation sites (tertiary alicyclic amines) is 1. The van der Waals surface area contributed by atoms with Gasteiger partial charge in [-0.3, -0.25) is 9.59 Å². The van der Waals surface area contributed by atoms with Gasteiger partial charge in [0.1, 0.15) is 18.2 Å². The molecule has 0 radical (unpaired) electrons. The maximum absolute atomic E-state index is 14.3. The first-order chi connectivity index (χ1) is 17.8. The lowest BCUT2D eigenvalue weighted by atomic mass is 9.94. The molecule has 3 aromatic carbocycles. The molecular formula is C30H33FN2O4. The third kappa shape index (κ3) is 6.88. The zero-order chi connectivity index (χ0) is 26.4. The minimum atomic E-state index is -0.940. The average Bonchev–Trinajstić information content (AvgIpc) is 3.26. The Morgan fingerprint density at radius 1 is 1.11 bits per heavy atom. The monoisotopic (exact) mass is 504 g/mol. The molecule has 1 fully saturated rings. The molecule has 0 bridgehead atoms. The molecule has 6 nitrogen and oxygen atoms in total. The van der Waals surface area contributed by atoms with E-state index in [4.69, 9.17) is 9.84 Å². The molecule has 1 aliphatic heterocycles. The van der Waals surface area contributed by atoms with E-state index in [1.54, 1.807) is 12.1 Å². The number of ether oxygens (including phenoxy) is 1. The number of carbonyl (C=O) groups is 2. The van der Waals surface area contributed by atoms with E-state index in [1.807, 2.05) is 29.2 Å². The Bertz CT molecular complexity index is 1270. The Hall–Kier alpha value is -3.87. The number of hydrogen-bond donors (Lipinski definition) is 2. The van der Waals surface area contributed by atoms with Crippen LogP contribution in [0.3, 0.4) is 0 Å². The van der Waals surface area contributed by atoms with Crippen LogP contribution in [0.15, 0.2) is 54.6 Å². The first-order valence-electron chi connectivity index (χ1n) is 12.7. The van der Waals surface area contributed by atoms with Crippen molar-refractivity contribution in [3.63, 3.8) is 0 Å². The van der Waals surface area contributed by atoms with E-state index in [2.05, 4.69) is 31.3 Å². The summed E-state index contributed by atoms with van der Waals surface area (Å²) in [4.78, 5) is 24.4. The van der Waals surface area contributed by atoms with E-state index in [0.717, 1.165) is 46.5 Å². The molecule has 1 aliphatic rings. The Morgan fingerprint density at radius 2 is 1.89 bits per heavy atom. The summed E-state index contributed by atoms with van der Waals surface area (Å²) in [5, 5.41) is 12.1. The zero-order valence-electron chi connectivity index (χ0n) is 21.4. The van der Waals surface area contributed by atoms with Gasteiger partial charge in [0.15, 0.2) is 0 Å². The third-order valence-corrected chi connectivity index (χ3v) is 6.68. The quantitative estimate of drug-likeness (QED) is 0.348. The summed E-state index contributed by atoms with van der Waals surface area (Å²) >= 11 is 0. The van der Waals surface area contributed by atoms with E-state index in [9.17, 15) is 14.0 Å². The van der Waals surface area contributed by atoms with Crippen molar-refractivity contribution in [2.75, 3.05) is 25.0 Å². The Balaban J connectivity index is 1.39. The van der Waals surface area contributed by atoms with Crippen molar-refractivity contribution < 1.29 is 23.8 Å². The van der Waals surface area contributed by atoms with Crippen LogP contribution in [0, 0.1) is 19.7 Å². The number of aryl methyl sites for hydroxylation is 3. The molecule has 0 unspecified atom stereocenters. The van der Waals surface area contributed by atoms with Gasteiger partial charge >= 0.3 is 5.97 Å². The minimum Gasteiger partial charge on any atom is -0.492 e. The van der Waals surface area contributed by atoms with Crippen LogP contribution in [0.5, 0.6) is 5.75 Å². The summed E-state index contributed by atoms with van der Waals surface area (Å²) in [6.45, 7) is 6.57. The summed E-state index contributed by atoms with van der Waals surface area (Å²) < 4.78 is 20.3. The predicted molar refractivity (Wildman–Crippen MR) is 142 cm³/mol. The number of carbonyl (C=O) groups excluding carboxylic acids is 1. The molecule has 7 heteroatoms. The van der Waals surface area contributed by atoms with Gasteiger partial charge in [0.05, 0.1) is 6.54 Å². The van der Waals surface area contributed by atoms with Gasteiger partial charge in [0.2, 0.25) is 5.91 Å². The van der Waals surface area contributed by atoms with Gasteiger partial charge in [-0.1, -0.05) is 24.3 Å². The Labute approximate surface area is 217 Å². The van der Waals surface area contributed by atoms with E-state index >= 15 is 0 Å². The third-order valence-electron chi connectivity index (χ3n) is 6.68. The fourth-order valence-corrected chi connectivity index (χ4v) is 4.82.